The molecule has 2 aromatic heterocycles. The van der Waals surface area contributed by atoms with Crippen LogP contribution in [0.3, 0.4) is 0 Å². The average Bonchev–Trinajstić information content (AvgIpc) is 2.86. The third-order valence-electron chi connectivity index (χ3n) is 5.21. The molecule has 5 aromatic rings. The lowest BCUT2D eigenvalue weighted by molar-refractivity contribution is 0.294. The van der Waals surface area contributed by atoms with Crippen molar-refractivity contribution in [2.75, 3.05) is 0 Å². The van der Waals surface area contributed by atoms with E-state index in [0.29, 0.717) is 34.6 Å². The molecular weight excluding hydrogens is 416 g/mol. The van der Waals surface area contributed by atoms with E-state index in [-0.39, 0.29) is 17.8 Å². The second-order valence-electron chi connectivity index (χ2n) is 7.42. The summed E-state index contributed by atoms with van der Waals surface area (Å²) in [5, 5.41) is 10.6. The number of aromatic nitrogens is 1. The standard InChI is InChI=1S/C27H18N2O4/c28-15-23-14-26(30)24-6-3-5-19(27(24)33-23)16-31-21-10-12-22(13-11-21)32-17-20-9-8-18-4-1-2-7-25(18)29-20/h1-14H,16-17H2. The van der Waals surface area contributed by atoms with Crippen LogP contribution in [0.25, 0.3) is 21.9 Å². The summed E-state index contributed by atoms with van der Waals surface area (Å²) in [5.41, 5.74) is 2.59. The molecule has 0 spiro atoms. The molecule has 0 aliphatic rings. The lowest BCUT2D eigenvalue weighted by Crippen LogP contribution is -2.04. The van der Waals surface area contributed by atoms with Gasteiger partial charge >= 0.3 is 0 Å². The maximum atomic E-state index is 12.2. The van der Waals surface area contributed by atoms with Gasteiger partial charge in [0.25, 0.3) is 0 Å². The Bertz CT molecular complexity index is 1550. The number of hydrogen-bond donors (Lipinski definition) is 0. The maximum Gasteiger partial charge on any atom is 0.207 e. The van der Waals surface area contributed by atoms with Crippen LogP contribution in [0.5, 0.6) is 11.5 Å². The number of nitrogens with zero attached hydrogens (tertiary/aromatic N) is 2. The summed E-state index contributed by atoms with van der Waals surface area (Å²) in [5.74, 6) is 1.32. The van der Waals surface area contributed by atoms with Crippen LogP contribution < -0.4 is 14.9 Å². The zero-order valence-corrected chi connectivity index (χ0v) is 17.5. The molecule has 6 nitrogen and oxygen atoms in total. The SMILES string of the molecule is N#Cc1cc(=O)c2cccc(COc3ccc(OCc4ccc5ccccc5n4)cc3)c2o1. The van der Waals surface area contributed by atoms with E-state index in [2.05, 4.69) is 4.98 Å². The Kier molecular flexibility index (Phi) is 5.44. The summed E-state index contributed by atoms with van der Waals surface area (Å²) in [6.07, 6.45) is 0. The van der Waals surface area contributed by atoms with Crippen LogP contribution in [0, 0.1) is 11.3 Å². The second kappa shape index (κ2) is 8.85. The van der Waals surface area contributed by atoms with E-state index in [1.165, 1.54) is 6.07 Å². The van der Waals surface area contributed by atoms with Gasteiger partial charge in [0.2, 0.25) is 5.76 Å². The Hall–Kier alpha value is -4.63. The molecule has 0 saturated heterocycles. The minimum atomic E-state index is -0.253. The first kappa shape index (κ1) is 20.3. The molecule has 2 heterocycles. The Morgan fingerprint density at radius 2 is 1.61 bits per heavy atom. The van der Waals surface area contributed by atoms with E-state index in [1.54, 1.807) is 18.2 Å². The largest absolute Gasteiger partial charge is 0.489 e. The van der Waals surface area contributed by atoms with Gasteiger partial charge in [0.15, 0.2) is 5.43 Å². The van der Waals surface area contributed by atoms with Crippen molar-refractivity contribution in [1.29, 1.82) is 5.26 Å². The highest BCUT2D eigenvalue weighted by molar-refractivity contribution is 5.80. The number of rotatable bonds is 6. The molecule has 0 radical (unpaired) electrons. The number of pyridine rings is 1. The molecule has 160 valence electrons. The van der Waals surface area contributed by atoms with Gasteiger partial charge in [-0.2, -0.15) is 5.26 Å². The van der Waals surface area contributed by atoms with Crippen molar-refractivity contribution in [2.24, 2.45) is 0 Å². The van der Waals surface area contributed by atoms with Crippen molar-refractivity contribution >= 4 is 21.9 Å². The van der Waals surface area contributed by atoms with E-state index in [4.69, 9.17) is 19.2 Å². The fraction of sp³-hybridized carbons (Fsp3) is 0.0741. The third-order valence-corrected chi connectivity index (χ3v) is 5.21. The summed E-state index contributed by atoms with van der Waals surface area (Å²) in [4.78, 5) is 16.8. The lowest BCUT2D eigenvalue weighted by Gasteiger charge is -2.10. The fourth-order valence-corrected chi connectivity index (χ4v) is 3.54. The highest BCUT2D eigenvalue weighted by Crippen LogP contribution is 2.23. The number of hydrogen-bond acceptors (Lipinski definition) is 6. The van der Waals surface area contributed by atoms with Crippen molar-refractivity contribution in [2.45, 2.75) is 13.2 Å². The van der Waals surface area contributed by atoms with Crippen LogP contribution in [0.2, 0.25) is 0 Å². The van der Waals surface area contributed by atoms with Crippen molar-refractivity contribution < 1.29 is 13.9 Å². The van der Waals surface area contributed by atoms with Crippen LogP contribution in [0.1, 0.15) is 17.0 Å². The van der Waals surface area contributed by atoms with E-state index in [1.807, 2.05) is 66.7 Å². The molecule has 6 heteroatoms. The van der Waals surface area contributed by atoms with Gasteiger partial charge in [-0.05, 0) is 42.5 Å². The highest BCUT2D eigenvalue weighted by atomic mass is 16.5. The van der Waals surface area contributed by atoms with Gasteiger partial charge in [0.05, 0.1) is 16.6 Å². The van der Waals surface area contributed by atoms with Crippen molar-refractivity contribution in [1.82, 2.24) is 4.98 Å². The van der Waals surface area contributed by atoms with E-state index in [9.17, 15) is 4.79 Å². The zero-order chi connectivity index (χ0) is 22.6. The van der Waals surface area contributed by atoms with Crippen LogP contribution in [0.15, 0.2) is 94.1 Å². The van der Waals surface area contributed by atoms with Crippen molar-refractivity contribution in [3.63, 3.8) is 0 Å². The first-order valence-corrected chi connectivity index (χ1v) is 10.4. The second-order valence-corrected chi connectivity index (χ2v) is 7.42. The number of para-hydroxylation sites is 2. The van der Waals surface area contributed by atoms with Gasteiger partial charge in [-0.25, -0.2) is 4.98 Å². The first-order valence-electron chi connectivity index (χ1n) is 10.4. The van der Waals surface area contributed by atoms with Gasteiger partial charge in [0.1, 0.15) is 36.4 Å². The third kappa shape index (κ3) is 4.39. The predicted octanol–water partition coefficient (Wildman–Crippen LogP) is 5.37. The number of benzene rings is 3. The topological polar surface area (TPSA) is 85.4 Å². The molecule has 3 aromatic carbocycles. The van der Waals surface area contributed by atoms with Crippen molar-refractivity contribution in [3.8, 4) is 17.6 Å². The van der Waals surface area contributed by atoms with Crippen LogP contribution in [-0.4, -0.2) is 4.98 Å². The average molecular weight is 434 g/mol. The van der Waals surface area contributed by atoms with Crippen LogP contribution in [-0.2, 0) is 13.2 Å². The van der Waals surface area contributed by atoms with Crippen LogP contribution in [0.4, 0.5) is 0 Å². The fourth-order valence-electron chi connectivity index (χ4n) is 3.54. The Labute approximate surface area is 189 Å². The summed E-state index contributed by atoms with van der Waals surface area (Å²) >= 11 is 0. The van der Waals surface area contributed by atoms with Gasteiger partial charge in [-0.1, -0.05) is 36.4 Å². The van der Waals surface area contributed by atoms with Gasteiger partial charge in [-0.15, -0.1) is 0 Å². The first-order chi connectivity index (χ1) is 16.2. The normalized spacial score (nSPS) is 10.8. The van der Waals surface area contributed by atoms with Crippen molar-refractivity contribution in [3.05, 3.63) is 112 Å². The predicted molar refractivity (Wildman–Crippen MR) is 124 cm³/mol. The smallest absolute Gasteiger partial charge is 0.207 e. The monoisotopic (exact) mass is 434 g/mol. The van der Waals surface area contributed by atoms with Crippen LogP contribution >= 0.6 is 0 Å². The highest BCUT2D eigenvalue weighted by Gasteiger charge is 2.10. The minimum Gasteiger partial charge on any atom is -0.489 e. The quantitative estimate of drug-likeness (QED) is 0.357. The van der Waals surface area contributed by atoms with E-state index in [0.717, 1.165) is 16.6 Å². The molecule has 0 amide bonds. The lowest BCUT2D eigenvalue weighted by atomic mass is 10.1. The maximum absolute atomic E-state index is 12.2. The summed E-state index contributed by atoms with van der Waals surface area (Å²) in [6, 6.07) is 27.5. The van der Waals surface area contributed by atoms with E-state index >= 15 is 0 Å². The summed E-state index contributed by atoms with van der Waals surface area (Å²) in [6.45, 7) is 0.553. The molecule has 5 rings (SSSR count). The molecule has 0 fully saturated rings. The minimum absolute atomic E-state index is 0.0256. The molecular formula is C27H18N2O4. The molecule has 0 atom stereocenters. The Balaban J connectivity index is 1.25. The summed E-state index contributed by atoms with van der Waals surface area (Å²) < 4.78 is 17.3. The Morgan fingerprint density at radius 1 is 0.848 bits per heavy atom. The number of ether oxygens (including phenoxy) is 2. The number of fused-ring (bicyclic) bond motifs is 2. The zero-order valence-electron chi connectivity index (χ0n) is 17.5. The Morgan fingerprint density at radius 3 is 2.39 bits per heavy atom. The number of nitriles is 1. The summed E-state index contributed by atoms with van der Waals surface area (Å²) in [7, 11) is 0. The molecule has 0 N–H and O–H groups in total. The van der Waals surface area contributed by atoms with Gasteiger partial charge in [-0.3, -0.25) is 4.79 Å². The van der Waals surface area contributed by atoms with Gasteiger partial charge < -0.3 is 13.9 Å². The molecule has 0 aliphatic carbocycles. The molecule has 0 saturated carbocycles. The molecule has 0 bridgehead atoms. The van der Waals surface area contributed by atoms with E-state index < -0.39 is 0 Å². The molecule has 0 aliphatic heterocycles. The molecule has 33 heavy (non-hydrogen) atoms. The van der Waals surface area contributed by atoms with Gasteiger partial charge in [0, 0.05) is 17.0 Å². The molecule has 0 unspecified atom stereocenters.